The van der Waals surface area contributed by atoms with Crippen LogP contribution < -0.4 is 20.5 Å². The highest BCUT2D eigenvalue weighted by Crippen LogP contribution is 2.31. The maximum absolute atomic E-state index is 11.3. The van der Waals surface area contributed by atoms with Crippen molar-refractivity contribution in [3.63, 3.8) is 0 Å². The van der Waals surface area contributed by atoms with Crippen LogP contribution in [0.5, 0.6) is 5.75 Å². The van der Waals surface area contributed by atoms with Gasteiger partial charge in [-0.1, -0.05) is 6.07 Å². The van der Waals surface area contributed by atoms with Gasteiger partial charge in [-0.2, -0.15) is 10.5 Å². The van der Waals surface area contributed by atoms with Crippen molar-refractivity contribution in [3.8, 4) is 17.0 Å². The minimum atomic E-state index is -1.08. The molecule has 10 heteroatoms. The zero-order valence-corrected chi connectivity index (χ0v) is 14.4. The van der Waals surface area contributed by atoms with Crippen LogP contribution in [0.4, 0.5) is 22.2 Å². The predicted octanol–water partition coefficient (Wildman–Crippen LogP) is 1.37. The van der Waals surface area contributed by atoms with Crippen molar-refractivity contribution in [3.05, 3.63) is 58.3 Å². The lowest BCUT2D eigenvalue weighted by Gasteiger charge is -2.15. The Morgan fingerprint density at radius 3 is 2.62 bits per heavy atom. The van der Waals surface area contributed by atoms with Gasteiger partial charge in [0.05, 0.1) is 12.8 Å². The number of hydrogen-bond donors (Lipinski definition) is 5. The normalized spacial score (nSPS) is 13.3. The van der Waals surface area contributed by atoms with Gasteiger partial charge in [0.2, 0.25) is 5.69 Å². The lowest BCUT2D eigenvalue weighted by molar-refractivity contribution is -0.991. The molecule has 2 atom stereocenters. The maximum atomic E-state index is 11.3. The molecule has 26 heavy (non-hydrogen) atoms. The lowest BCUT2D eigenvalue weighted by atomic mass is 10.1. The van der Waals surface area contributed by atoms with E-state index < -0.39 is 10.5 Å². The third-order valence-corrected chi connectivity index (χ3v) is 4.35. The van der Waals surface area contributed by atoms with Gasteiger partial charge in [0.15, 0.2) is 16.6 Å². The minimum Gasteiger partial charge on any atom is -0.595 e. The van der Waals surface area contributed by atoms with Crippen LogP contribution in [0.1, 0.15) is 0 Å². The molecule has 5 N–H and O–H groups in total. The Kier molecular flexibility index (Phi) is 5.44. The van der Waals surface area contributed by atoms with Crippen molar-refractivity contribution in [1.29, 1.82) is 0 Å². The van der Waals surface area contributed by atoms with Crippen molar-refractivity contribution >= 4 is 33.5 Å². The van der Waals surface area contributed by atoms with E-state index in [1.54, 1.807) is 29.6 Å². The van der Waals surface area contributed by atoms with Gasteiger partial charge in [-0.15, -0.1) is 11.3 Å². The second-order valence-corrected chi connectivity index (χ2v) is 6.13. The molecule has 0 fully saturated rings. The summed E-state index contributed by atoms with van der Waals surface area (Å²) in [4.78, 5) is 4.43. The first-order valence-corrected chi connectivity index (χ1v) is 8.33. The number of hydrogen-bond acceptors (Lipinski definition) is 8. The van der Waals surface area contributed by atoms with E-state index in [0.29, 0.717) is 22.1 Å². The van der Waals surface area contributed by atoms with Crippen molar-refractivity contribution < 1.29 is 25.6 Å². The number of benzene rings is 2. The fraction of sp³-hybridized carbons (Fsp3) is 0.0625. The highest BCUT2D eigenvalue weighted by molar-refractivity contribution is 7.14. The summed E-state index contributed by atoms with van der Waals surface area (Å²) in [5.74, 6) is 0.278. The van der Waals surface area contributed by atoms with E-state index in [9.17, 15) is 15.6 Å². The monoisotopic (exact) mass is 376 g/mol. The molecule has 1 heterocycles. The van der Waals surface area contributed by atoms with Gasteiger partial charge < -0.3 is 20.5 Å². The number of nitrogens with zero attached hydrogens (tertiary/aromatic N) is 1. The third kappa shape index (κ3) is 3.98. The molecule has 0 aliphatic carbocycles. The summed E-state index contributed by atoms with van der Waals surface area (Å²) in [5.41, 5.74) is 2.09. The van der Waals surface area contributed by atoms with E-state index in [1.807, 2.05) is 0 Å². The Morgan fingerprint density at radius 2 is 1.92 bits per heavy atom. The Hall–Kier alpha value is -2.57. The molecule has 2 aromatic carbocycles. The summed E-state index contributed by atoms with van der Waals surface area (Å²) in [5, 5.41) is 44.0. The van der Waals surface area contributed by atoms with Crippen LogP contribution in [-0.2, 0) is 0 Å². The highest BCUT2D eigenvalue weighted by atomic mass is 32.1. The molecule has 0 amide bonds. The number of rotatable bonds is 6. The lowest BCUT2D eigenvalue weighted by Crippen LogP contribution is -2.99. The highest BCUT2D eigenvalue weighted by Gasteiger charge is 2.14. The number of nitrogens with one attached hydrogen (secondary N) is 3. The largest absolute Gasteiger partial charge is 0.595 e. The van der Waals surface area contributed by atoms with Crippen LogP contribution in [0.25, 0.3) is 11.3 Å². The Labute approximate surface area is 152 Å². The van der Waals surface area contributed by atoms with E-state index in [1.165, 1.54) is 36.6 Å². The fourth-order valence-electron chi connectivity index (χ4n) is 2.35. The molecule has 2 unspecified atom stereocenters. The molecule has 9 nitrogen and oxygen atoms in total. The second-order valence-electron chi connectivity index (χ2n) is 5.27. The molecule has 1 aromatic heterocycles. The summed E-state index contributed by atoms with van der Waals surface area (Å²) in [6, 6.07) is 11.2. The van der Waals surface area contributed by atoms with Gasteiger partial charge in [-0.05, 0) is 18.2 Å². The molecule has 0 aliphatic rings. The van der Waals surface area contributed by atoms with Crippen LogP contribution in [0.2, 0.25) is 0 Å². The number of aromatic nitrogens is 1. The quantitative estimate of drug-likeness (QED) is 0.411. The van der Waals surface area contributed by atoms with Crippen molar-refractivity contribution in [2.45, 2.75) is 0 Å². The molecule has 3 aromatic rings. The van der Waals surface area contributed by atoms with Crippen molar-refractivity contribution in [1.82, 2.24) is 4.98 Å². The zero-order valence-electron chi connectivity index (χ0n) is 13.6. The summed E-state index contributed by atoms with van der Waals surface area (Å²) < 4.78 is 5.05. The fourth-order valence-corrected chi connectivity index (χ4v) is 3.09. The number of anilines is 2. The first-order chi connectivity index (χ1) is 12.5. The van der Waals surface area contributed by atoms with Gasteiger partial charge in [0, 0.05) is 34.8 Å². The van der Waals surface area contributed by atoms with Crippen LogP contribution in [0, 0.1) is 10.4 Å². The first-order valence-electron chi connectivity index (χ1n) is 7.45. The van der Waals surface area contributed by atoms with E-state index in [4.69, 9.17) is 9.94 Å². The number of quaternary nitrogens is 2. The summed E-state index contributed by atoms with van der Waals surface area (Å²) in [6.07, 6.45) is 0. The molecular weight excluding hydrogens is 360 g/mol. The van der Waals surface area contributed by atoms with Gasteiger partial charge in [0.25, 0.3) is 0 Å². The van der Waals surface area contributed by atoms with Gasteiger partial charge in [-0.3, -0.25) is 0 Å². The van der Waals surface area contributed by atoms with Crippen LogP contribution in [0.3, 0.4) is 0 Å². The predicted molar refractivity (Wildman–Crippen MR) is 95.4 cm³/mol. The van der Waals surface area contributed by atoms with Gasteiger partial charge >= 0.3 is 0 Å². The van der Waals surface area contributed by atoms with Gasteiger partial charge in [-0.25, -0.2) is 15.4 Å². The second kappa shape index (κ2) is 7.76. The number of ether oxygens (including phenoxy) is 1. The molecule has 0 aliphatic heterocycles. The van der Waals surface area contributed by atoms with E-state index >= 15 is 0 Å². The number of thiazole rings is 1. The Morgan fingerprint density at radius 1 is 1.12 bits per heavy atom. The van der Waals surface area contributed by atoms with E-state index in [0.717, 1.165) is 0 Å². The smallest absolute Gasteiger partial charge is 0.206 e. The molecule has 0 saturated heterocycles. The molecular formula is C16H16N4O5S. The molecule has 136 valence electrons. The Balaban J connectivity index is 1.84. The molecule has 0 bridgehead atoms. The van der Waals surface area contributed by atoms with Crippen molar-refractivity contribution in [2.75, 3.05) is 12.4 Å². The topological polar surface area (TPSA) is 130 Å². The molecule has 0 radical (unpaired) electrons. The van der Waals surface area contributed by atoms with Gasteiger partial charge in [0.1, 0.15) is 0 Å². The minimum absolute atomic E-state index is 0.0571. The summed E-state index contributed by atoms with van der Waals surface area (Å²) >= 11 is 1.33. The SMILES string of the molecule is COc1ccc(-c2csc(Nc3cccc([NH+]([O-])O)c3)n2)cc1[NH+]([O-])O. The summed E-state index contributed by atoms with van der Waals surface area (Å²) in [7, 11) is 1.41. The first kappa shape index (κ1) is 18.2. The summed E-state index contributed by atoms with van der Waals surface area (Å²) in [6.45, 7) is 0. The molecule has 3 rings (SSSR count). The average molecular weight is 376 g/mol. The Bertz CT molecular complexity index is 900. The standard InChI is InChI=1S/C16H16N4O5S/c1-25-15-6-5-10(7-14(15)20(23)24)13-9-26-16(18-13)17-11-3-2-4-12(8-11)19(21)22/h2-9,19-21,23H,1H3,(H,17,18). The van der Waals surface area contributed by atoms with E-state index in [-0.39, 0.29) is 17.1 Å². The molecule has 0 saturated carbocycles. The van der Waals surface area contributed by atoms with Crippen LogP contribution >= 0.6 is 11.3 Å². The average Bonchev–Trinajstić information content (AvgIpc) is 3.09. The zero-order chi connectivity index (χ0) is 18.7. The van der Waals surface area contributed by atoms with Crippen molar-refractivity contribution in [2.24, 2.45) is 0 Å². The number of methoxy groups -OCH3 is 1. The van der Waals surface area contributed by atoms with E-state index in [2.05, 4.69) is 10.3 Å². The van der Waals surface area contributed by atoms with Crippen LogP contribution in [0.15, 0.2) is 47.8 Å². The maximum Gasteiger partial charge on any atom is 0.206 e. The van der Waals surface area contributed by atoms with Crippen LogP contribution in [-0.4, -0.2) is 22.5 Å². The third-order valence-electron chi connectivity index (χ3n) is 3.59. The molecule has 0 spiro atoms.